The Hall–Kier alpha value is -1.79. The number of amides is 1. The first-order valence-electron chi connectivity index (χ1n) is 5.59. The van der Waals surface area contributed by atoms with Crippen LogP contribution in [0.2, 0.25) is 5.02 Å². The lowest BCUT2D eigenvalue weighted by molar-refractivity contribution is -0.167. The predicted molar refractivity (Wildman–Crippen MR) is 65.7 cm³/mol. The van der Waals surface area contributed by atoms with Gasteiger partial charge in [0.15, 0.2) is 0 Å². The largest absolute Gasteiger partial charge is 0.465 e. The van der Waals surface area contributed by atoms with Crippen molar-refractivity contribution >= 4 is 23.7 Å². The van der Waals surface area contributed by atoms with Crippen molar-refractivity contribution in [1.29, 1.82) is 0 Å². The fourth-order valence-corrected chi connectivity index (χ4v) is 1.85. The molecule has 102 valence electrons. The number of esters is 1. The maximum Gasteiger partial charge on any atom is 0.405 e. The summed E-state index contributed by atoms with van der Waals surface area (Å²) in [5.41, 5.74) is 0.849. The number of cyclic esters (lactones) is 1. The lowest BCUT2D eigenvalue weighted by Gasteiger charge is -2.17. The van der Waals surface area contributed by atoms with E-state index in [9.17, 15) is 9.59 Å². The molecule has 0 bridgehead atoms. The number of nitrogens with one attached hydrogen (secondary N) is 1. The molecule has 1 fully saturated rings. The van der Waals surface area contributed by atoms with Crippen molar-refractivity contribution in [3.63, 3.8) is 0 Å². The van der Waals surface area contributed by atoms with Gasteiger partial charge in [-0.1, -0.05) is 23.7 Å². The van der Waals surface area contributed by atoms with E-state index in [1.165, 1.54) is 0 Å². The van der Waals surface area contributed by atoms with E-state index in [4.69, 9.17) is 26.2 Å². The summed E-state index contributed by atoms with van der Waals surface area (Å²) in [6.45, 7) is 0.201. The number of carbonyl (C=O) groups excluding carboxylic acids is 1. The van der Waals surface area contributed by atoms with Crippen LogP contribution < -0.4 is 5.32 Å². The highest BCUT2D eigenvalue weighted by Crippen LogP contribution is 2.18. The number of benzene rings is 1. The second kappa shape index (κ2) is 5.90. The second-order valence-electron chi connectivity index (χ2n) is 4.06. The molecule has 2 rings (SSSR count). The van der Waals surface area contributed by atoms with E-state index >= 15 is 0 Å². The maximum atomic E-state index is 11.1. The Bertz CT molecular complexity index is 476. The first-order chi connectivity index (χ1) is 9.04. The van der Waals surface area contributed by atoms with Crippen LogP contribution in [0.25, 0.3) is 0 Å². The molecule has 1 aliphatic rings. The second-order valence-corrected chi connectivity index (χ2v) is 4.49. The molecule has 1 aromatic rings. The standard InChI is InChI=1S/C12H12ClNO5/c13-8-3-1-7(2-4-8)6-18-11-9(14-12(16)17)5-10(15)19-11/h1-4,9,11,14H,5-6H2,(H,16,17). The van der Waals surface area contributed by atoms with E-state index < -0.39 is 24.4 Å². The van der Waals surface area contributed by atoms with Crippen LogP contribution in [0.15, 0.2) is 24.3 Å². The lowest BCUT2D eigenvalue weighted by Crippen LogP contribution is -2.40. The summed E-state index contributed by atoms with van der Waals surface area (Å²) in [5, 5.41) is 11.5. The molecule has 0 radical (unpaired) electrons. The van der Waals surface area contributed by atoms with E-state index in [2.05, 4.69) is 5.32 Å². The Morgan fingerprint density at radius 3 is 2.79 bits per heavy atom. The zero-order chi connectivity index (χ0) is 13.8. The van der Waals surface area contributed by atoms with Crippen molar-refractivity contribution in [3.05, 3.63) is 34.9 Å². The Balaban J connectivity index is 1.91. The van der Waals surface area contributed by atoms with Gasteiger partial charge in [0.05, 0.1) is 13.0 Å². The fourth-order valence-electron chi connectivity index (χ4n) is 1.72. The molecule has 2 atom stereocenters. The maximum absolute atomic E-state index is 11.1. The first kappa shape index (κ1) is 13.6. The molecule has 2 unspecified atom stereocenters. The first-order valence-corrected chi connectivity index (χ1v) is 5.97. The average molecular weight is 286 g/mol. The molecule has 1 aliphatic heterocycles. The summed E-state index contributed by atoms with van der Waals surface area (Å²) in [6, 6.07) is 6.30. The molecule has 2 N–H and O–H groups in total. The zero-order valence-electron chi connectivity index (χ0n) is 9.84. The topological polar surface area (TPSA) is 84.9 Å². The predicted octanol–water partition coefficient (Wildman–Crippen LogP) is 1.77. The SMILES string of the molecule is O=C(O)NC1CC(=O)OC1OCc1ccc(Cl)cc1. The van der Waals surface area contributed by atoms with Crippen molar-refractivity contribution in [1.82, 2.24) is 5.32 Å². The van der Waals surface area contributed by atoms with Gasteiger partial charge in [-0.05, 0) is 17.7 Å². The molecule has 1 amide bonds. The summed E-state index contributed by atoms with van der Waals surface area (Å²) in [7, 11) is 0. The fraction of sp³-hybridized carbons (Fsp3) is 0.333. The number of carboxylic acid groups (broad SMARTS) is 1. The zero-order valence-corrected chi connectivity index (χ0v) is 10.6. The van der Waals surface area contributed by atoms with Crippen molar-refractivity contribution < 1.29 is 24.2 Å². The molecule has 7 heteroatoms. The Labute approximate surface area is 114 Å². The number of ether oxygens (including phenoxy) is 2. The van der Waals surface area contributed by atoms with E-state index in [1.54, 1.807) is 24.3 Å². The number of hydrogen-bond acceptors (Lipinski definition) is 4. The molecule has 19 heavy (non-hydrogen) atoms. The van der Waals surface area contributed by atoms with Gasteiger partial charge in [-0.25, -0.2) is 4.79 Å². The van der Waals surface area contributed by atoms with Gasteiger partial charge in [-0.3, -0.25) is 4.79 Å². The minimum Gasteiger partial charge on any atom is -0.465 e. The summed E-state index contributed by atoms with van der Waals surface area (Å²) < 4.78 is 10.3. The highest BCUT2D eigenvalue weighted by Gasteiger charge is 2.36. The number of carbonyl (C=O) groups is 2. The third-order valence-corrected chi connectivity index (χ3v) is 2.85. The van der Waals surface area contributed by atoms with Crippen molar-refractivity contribution in [2.24, 2.45) is 0 Å². The molecular formula is C12H12ClNO5. The van der Waals surface area contributed by atoms with Crippen LogP contribution in [0.5, 0.6) is 0 Å². The molecule has 0 saturated carbocycles. The van der Waals surface area contributed by atoms with Gasteiger partial charge in [-0.15, -0.1) is 0 Å². The highest BCUT2D eigenvalue weighted by atomic mass is 35.5. The molecule has 0 aliphatic carbocycles. The van der Waals surface area contributed by atoms with Crippen LogP contribution in [-0.2, 0) is 20.9 Å². The number of halogens is 1. The van der Waals surface area contributed by atoms with E-state index in [0.717, 1.165) is 5.56 Å². The van der Waals surface area contributed by atoms with Crippen LogP contribution in [-0.4, -0.2) is 29.5 Å². The van der Waals surface area contributed by atoms with Crippen molar-refractivity contribution in [3.8, 4) is 0 Å². The van der Waals surface area contributed by atoms with Crippen LogP contribution in [0, 0.1) is 0 Å². The highest BCUT2D eigenvalue weighted by molar-refractivity contribution is 6.30. The molecule has 0 spiro atoms. The third-order valence-electron chi connectivity index (χ3n) is 2.60. The Morgan fingerprint density at radius 1 is 1.47 bits per heavy atom. The quantitative estimate of drug-likeness (QED) is 0.824. The van der Waals surface area contributed by atoms with Crippen molar-refractivity contribution in [2.45, 2.75) is 25.4 Å². The summed E-state index contributed by atoms with van der Waals surface area (Å²) in [4.78, 5) is 21.7. The van der Waals surface area contributed by atoms with Crippen LogP contribution >= 0.6 is 11.6 Å². The molecule has 1 heterocycles. The summed E-state index contributed by atoms with van der Waals surface area (Å²) in [6.07, 6.45) is -2.15. The van der Waals surface area contributed by atoms with Crippen molar-refractivity contribution in [2.75, 3.05) is 0 Å². The minimum atomic E-state index is -1.22. The molecule has 0 aromatic heterocycles. The van der Waals surface area contributed by atoms with Gasteiger partial charge in [0.2, 0.25) is 6.29 Å². The minimum absolute atomic E-state index is 0.0302. The third kappa shape index (κ3) is 3.84. The monoisotopic (exact) mass is 285 g/mol. The van der Waals surface area contributed by atoms with Gasteiger partial charge in [0.25, 0.3) is 0 Å². The van der Waals surface area contributed by atoms with Gasteiger partial charge < -0.3 is 19.9 Å². The smallest absolute Gasteiger partial charge is 0.405 e. The Morgan fingerprint density at radius 2 is 2.16 bits per heavy atom. The number of hydrogen-bond donors (Lipinski definition) is 2. The summed E-state index contributed by atoms with van der Waals surface area (Å²) in [5.74, 6) is -0.486. The summed E-state index contributed by atoms with van der Waals surface area (Å²) >= 11 is 5.75. The molecular weight excluding hydrogens is 274 g/mol. The molecule has 6 nitrogen and oxygen atoms in total. The normalized spacial score (nSPS) is 22.1. The van der Waals surface area contributed by atoms with Gasteiger partial charge in [0.1, 0.15) is 6.04 Å². The van der Waals surface area contributed by atoms with Gasteiger partial charge in [0, 0.05) is 5.02 Å². The molecule has 1 aromatic carbocycles. The van der Waals surface area contributed by atoms with Crippen LogP contribution in [0.4, 0.5) is 4.79 Å². The van der Waals surface area contributed by atoms with Crippen LogP contribution in [0.3, 0.4) is 0 Å². The average Bonchev–Trinajstić information content (AvgIpc) is 2.68. The molecule has 1 saturated heterocycles. The Kier molecular flexibility index (Phi) is 4.24. The van der Waals surface area contributed by atoms with E-state index in [0.29, 0.717) is 5.02 Å². The van der Waals surface area contributed by atoms with E-state index in [-0.39, 0.29) is 13.0 Å². The lowest BCUT2D eigenvalue weighted by atomic mass is 10.2. The van der Waals surface area contributed by atoms with Gasteiger partial charge >= 0.3 is 12.1 Å². The van der Waals surface area contributed by atoms with Crippen LogP contribution in [0.1, 0.15) is 12.0 Å². The van der Waals surface area contributed by atoms with E-state index in [1.807, 2.05) is 0 Å². The van der Waals surface area contributed by atoms with Gasteiger partial charge in [-0.2, -0.15) is 0 Å². The number of rotatable bonds is 4.